The van der Waals surface area contributed by atoms with Crippen LogP contribution < -0.4 is 15.8 Å². The van der Waals surface area contributed by atoms with Gasteiger partial charge in [-0.25, -0.2) is 18.1 Å². The van der Waals surface area contributed by atoms with Crippen molar-refractivity contribution in [3.05, 3.63) is 52.6 Å². The number of aromatic nitrogens is 2. The number of carbonyl (C=O) groups is 2. The minimum atomic E-state index is -3.81. The van der Waals surface area contributed by atoms with Crippen LogP contribution in [0.25, 0.3) is 11.3 Å². The molecule has 0 aliphatic carbocycles. The highest BCUT2D eigenvalue weighted by Crippen LogP contribution is 2.25. The highest BCUT2D eigenvalue weighted by atomic mass is 35.5. The molecule has 0 aliphatic rings. The molecule has 2 aromatic heterocycles. The first-order valence-corrected chi connectivity index (χ1v) is 11.0. The van der Waals surface area contributed by atoms with Gasteiger partial charge in [0.1, 0.15) is 10.6 Å². The van der Waals surface area contributed by atoms with Crippen LogP contribution in [0.15, 0.2) is 46.8 Å². The van der Waals surface area contributed by atoms with E-state index < -0.39 is 21.8 Å². The van der Waals surface area contributed by atoms with Crippen LogP contribution in [-0.4, -0.2) is 36.7 Å². The Morgan fingerprint density at radius 2 is 2.03 bits per heavy atom. The number of aromatic amines is 1. The maximum absolute atomic E-state index is 12.2. The topological polar surface area (TPSA) is 147 Å². The molecule has 9 nitrogen and oxygen atoms in total. The highest BCUT2D eigenvalue weighted by Gasteiger charge is 2.17. The van der Waals surface area contributed by atoms with Crippen molar-refractivity contribution < 1.29 is 18.0 Å². The summed E-state index contributed by atoms with van der Waals surface area (Å²) in [6.45, 7) is -0.0998. The fourth-order valence-electron chi connectivity index (χ4n) is 2.37. The number of hydrogen-bond acceptors (Lipinski definition) is 6. The van der Waals surface area contributed by atoms with E-state index in [0.29, 0.717) is 16.4 Å². The van der Waals surface area contributed by atoms with Crippen LogP contribution in [0.1, 0.15) is 16.9 Å². The Balaban J connectivity index is 1.54. The summed E-state index contributed by atoms with van der Waals surface area (Å²) in [7, 11) is -3.81. The molecular formula is C17H16ClN5O4S2. The van der Waals surface area contributed by atoms with Gasteiger partial charge in [0.15, 0.2) is 5.13 Å². The summed E-state index contributed by atoms with van der Waals surface area (Å²) in [5.74, 6) is -0.987. The van der Waals surface area contributed by atoms with Crippen molar-refractivity contribution in [3.8, 4) is 11.3 Å². The van der Waals surface area contributed by atoms with Gasteiger partial charge in [0.2, 0.25) is 15.9 Å². The van der Waals surface area contributed by atoms with Gasteiger partial charge in [-0.1, -0.05) is 23.7 Å². The lowest BCUT2D eigenvalue weighted by Gasteiger charge is -2.08. The Bertz CT molecular complexity index is 1160. The quantitative estimate of drug-likeness (QED) is 0.412. The number of amides is 2. The highest BCUT2D eigenvalue weighted by molar-refractivity contribution is 7.89. The molecular weight excluding hydrogens is 438 g/mol. The van der Waals surface area contributed by atoms with E-state index in [1.54, 1.807) is 29.8 Å². The van der Waals surface area contributed by atoms with E-state index >= 15 is 0 Å². The van der Waals surface area contributed by atoms with E-state index in [1.807, 2.05) is 0 Å². The molecule has 152 valence electrons. The Labute approximate surface area is 175 Å². The molecule has 2 heterocycles. The van der Waals surface area contributed by atoms with E-state index in [2.05, 4.69) is 20.0 Å². The largest absolute Gasteiger partial charge is 0.364 e. The average Bonchev–Trinajstić information content (AvgIpc) is 3.31. The molecule has 0 radical (unpaired) electrons. The summed E-state index contributed by atoms with van der Waals surface area (Å²) in [5.41, 5.74) is 6.67. The van der Waals surface area contributed by atoms with Crippen LogP contribution >= 0.6 is 22.9 Å². The number of nitrogens with two attached hydrogens (primary N) is 1. The summed E-state index contributed by atoms with van der Waals surface area (Å²) in [6, 6.07) is 7.60. The number of benzene rings is 1. The summed E-state index contributed by atoms with van der Waals surface area (Å²) >= 11 is 7.09. The number of thiazole rings is 1. The monoisotopic (exact) mass is 453 g/mol. The second-order valence-electron chi connectivity index (χ2n) is 5.83. The second kappa shape index (κ2) is 8.74. The van der Waals surface area contributed by atoms with Crippen molar-refractivity contribution in [2.75, 3.05) is 11.9 Å². The first-order chi connectivity index (χ1) is 13.8. The van der Waals surface area contributed by atoms with Gasteiger partial charge in [-0.15, -0.1) is 11.3 Å². The number of nitrogens with one attached hydrogen (secondary N) is 3. The molecule has 1 aromatic carbocycles. The lowest BCUT2D eigenvalue weighted by molar-refractivity contribution is -0.116. The van der Waals surface area contributed by atoms with Gasteiger partial charge < -0.3 is 16.0 Å². The molecule has 0 saturated carbocycles. The van der Waals surface area contributed by atoms with Gasteiger partial charge in [0, 0.05) is 30.1 Å². The Hall–Kier alpha value is -2.73. The smallest absolute Gasteiger partial charge is 0.265 e. The summed E-state index contributed by atoms with van der Waals surface area (Å²) in [6.07, 6.45) is 1.50. The van der Waals surface area contributed by atoms with Crippen LogP contribution in [0.2, 0.25) is 5.02 Å². The molecule has 0 atom stereocenters. The number of halogens is 1. The Morgan fingerprint density at radius 3 is 2.72 bits per heavy atom. The number of nitrogens with zero attached hydrogens (tertiary/aromatic N) is 1. The zero-order valence-corrected chi connectivity index (χ0v) is 17.2. The van der Waals surface area contributed by atoms with Gasteiger partial charge in [-0.2, -0.15) is 0 Å². The molecule has 12 heteroatoms. The van der Waals surface area contributed by atoms with Crippen LogP contribution in [-0.2, 0) is 14.8 Å². The molecule has 2 amide bonds. The van der Waals surface area contributed by atoms with E-state index in [1.165, 1.54) is 23.5 Å². The lowest BCUT2D eigenvalue weighted by atomic mass is 10.2. The van der Waals surface area contributed by atoms with Crippen molar-refractivity contribution >= 4 is 49.9 Å². The van der Waals surface area contributed by atoms with Gasteiger partial charge in [0.25, 0.3) is 5.91 Å². The SMILES string of the molecule is NC(=O)c1cc(-c2csc(NC(=O)CCNS(=O)(=O)c3ccccc3Cl)n2)c[nH]1. The zero-order chi connectivity index (χ0) is 21.0. The summed E-state index contributed by atoms with van der Waals surface area (Å²) in [5, 5.41) is 4.77. The van der Waals surface area contributed by atoms with Crippen molar-refractivity contribution in [2.45, 2.75) is 11.3 Å². The maximum Gasteiger partial charge on any atom is 0.265 e. The fourth-order valence-corrected chi connectivity index (χ4v) is 4.65. The maximum atomic E-state index is 12.2. The van der Waals surface area contributed by atoms with Crippen molar-refractivity contribution in [1.82, 2.24) is 14.7 Å². The van der Waals surface area contributed by atoms with Crippen molar-refractivity contribution in [1.29, 1.82) is 0 Å². The van der Waals surface area contributed by atoms with Crippen LogP contribution in [0, 0.1) is 0 Å². The predicted molar refractivity (Wildman–Crippen MR) is 110 cm³/mol. The number of H-pyrrole nitrogens is 1. The number of hydrogen-bond donors (Lipinski definition) is 4. The minimum absolute atomic E-state index is 0.0477. The van der Waals surface area contributed by atoms with E-state index in [0.717, 1.165) is 0 Å². The van der Waals surface area contributed by atoms with Gasteiger partial charge in [0.05, 0.1) is 10.7 Å². The summed E-state index contributed by atoms with van der Waals surface area (Å²) in [4.78, 5) is 30.2. The molecule has 3 aromatic rings. The third-order valence-corrected chi connectivity index (χ3v) is 6.48. The van der Waals surface area contributed by atoms with E-state index in [9.17, 15) is 18.0 Å². The molecule has 0 aliphatic heterocycles. The third kappa shape index (κ3) is 5.21. The zero-order valence-electron chi connectivity index (χ0n) is 14.8. The number of rotatable bonds is 8. The molecule has 0 unspecified atom stereocenters. The fraction of sp³-hybridized carbons (Fsp3) is 0.118. The number of carbonyl (C=O) groups excluding carboxylic acids is 2. The molecule has 0 saturated heterocycles. The predicted octanol–water partition coefficient (Wildman–Crippen LogP) is 2.20. The van der Waals surface area contributed by atoms with E-state index in [-0.39, 0.29) is 28.6 Å². The van der Waals surface area contributed by atoms with Crippen molar-refractivity contribution in [3.63, 3.8) is 0 Å². The lowest BCUT2D eigenvalue weighted by Crippen LogP contribution is -2.28. The molecule has 29 heavy (non-hydrogen) atoms. The summed E-state index contributed by atoms with van der Waals surface area (Å²) < 4.78 is 26.8. The molecule has 0 spiro atoms. The number of sulfonamides is 1. The van der Waals surface area contributed by atoms with Crippen LogP contribution in [0.4, 0.5) is 5.13 Å². The third-order valence-electron chi connectivity index (χ3n) is 3.77. The average molecular weight is 454 g/mol. The number of anilines is 1. The second-order valence-corrected chi connectivity index (χ2v) is 8.83. The first-order valence-electron chi connectivity index (χ1n) is 8.24. The van der Waals surface area contributed by atoms with Gasteiger partial charge in [-0.3, -0.25) is 9.59 Å². The Kier molecular flexibility index (Phi) is 6.33. The van der Waals surface area contributed by atoms with E-state index in [4.69, 9.17) is 17.3 Å². The molecule has 5 N–H and O–H groups in total. The minimum Gasteiger partial charge on any atom is -0.364 e. The molecule has 3 rings (SSSR count). The molecule has 0 bridgehead atoms. The van der Waals surface area contributed by atoms with Gasteiger partial charge in [-0.05, 0) is 18.2 Å². The first kappa shape index (κ1) is 21.0. The Morgan fingerprint density at radius 1 is 1.28 bits per heavy atom. The normalized spacial score (nSPS) is 11.3. The van der Waals surface area contributed by atoms with Gasteiger partial charge >= 0.3 is 0 Å². The van der Waals surface area contributed by atoms with Crippen molar-refractivity contribution in [2.24, 2.45) is 5.73 Å². The number of primary amides is 1. The van der Waals surface area contributed by atoms with Crippen LogP contribution in [0.5, 0.6) is 0 Å². The standard InChI is InChI=1S/C17H16ClN5O4S2/c18-11-3-1-2-4-14(11)29(26,27)21-6-5-15(24)23-17-22-13(9-28-17)10-7-12(16(19)25)20-8-10/h1-4,7-9,20-21H,5-6H2,(H2,19,25)(H,22,23,24). The molecule has 0 fully saturated rings. The van der Waals surface area contributed by atoms with Crippen LogP contribution in [0.3, 0.4) is 0 Å².